The number of aliphatic hydroxyl groups is 1. The number of amides is 1. The highest BCUT2D eigenvalue weighted by Crippen LogP contribution is 2.11. The van der Waals surface area contributed by atoms with Crippen molar-refractivity contribution in [1.29, 1.82) is 0 Å². The molecule has 2 aromatic rings. The predicted molar refractivity (Wildman–Crippen MR) is 79.6 cm³/mol. The SMILES string of the molecule is Cc1ccc(C#CCCO)c(C(=O)NCc2ccoc2)c1. The van der Waals surface area contributed by atoms with E-state index >= 15 is 0 Å². The van der Waals surface area contributed by atoms with Gasteiger partial charge in [0.15, 0.2) is 0 Å². The van der Waals surface area contributed by atoms with Crippen molar-refractivity contribution < 1.29 is 14.3 Å². The van der Waals surface area contributed by atoms with Gasteiger partial charge in [0, 0.05) is 24.1 Å². The summed E-state index contributed by atoms with van der Waals surface area (Å²) in [5, 5.41) is 11.6. The highest BCUT2D eigenvalue weighted by molar-refractivity contribution is 5.96. The number of aliphatic hydroxyl groups excluding tert-OH is 1. The Hall–Kier alpha value is -2.51. The number of aryl methyl sites for hydroxylation is 1. The van der Waals surface area contributed by atoms with Crippen LogP contribution < -0.4 is 5.32 Å². The van der Waals surface area contributed by atoms with Crippen LogP contribution in [0.3, 0.4) is 0 Å². The molecule has 0 atom stereocenters. The lowest BCUT2D eigenvalue weighted by Crippen LogP contribution is -2.23. The highest BCUT2D eigenvalue weighted by atomic mass is 16.3. The van der Waals surface area contributed by atoms with Gasteiger partial charge in [-0.3, -0.25) is 4.79 Å². The Morgan fingerprint density at radius 1 is 1.38 bits per heavy atom. The monoisotopic (exact) mass is 283 g/mol. The van der Waals surface area contributed by atoms with Crippen LogP contribution in [0.25, 0.3) is 0 Å². The van der Waals surface area contributed by atoms with E-state index in [-0.39, 0.29) is 12.5 Å². The number of furan rings is 1. The van der Waals surface area contributed by atoms with Crippen LogP contribution in [0.15, 0.2) is 41.2 Å². The quantitative estimate of drug-likeness (QED) is 0.846. The normalized spacial score (nSPS) is 9.81. The molecule has 0 fully saturated rings. The standard InChI is InChI=1S/C17H17NO3/c1-13-5-6-15(4-2-3-8-19)16(10-13)17(20)18-11-14-7-9-21-12-14/h5-7,9-10,12,19H,3,8,11H2,1H3,(H,18,20). The van der Waals surface area contributed by atoms with Gasteiger partial charge in [0.25, 0.3) is 5.91 Å². The molecule has 1 heterocycles. The average molecular weight is 283 g/mol. The molecular formula is C17H17NO3. The van der Waals surface area contributed by atoms with Crippen LogP contribution in [0.4, 0.5) is 0 Å². The largest absolute Gasteiger partial charge is 0.472 e. The van der Waals surface area contributed by atoms with Crippen molar-refractivity contribution in [2.75, 3.05) is 6.61 Å². The van der Waals surface area contributed by atoms with Crippen molar-refractivity contribution in [3.8, 4) is 11.8 Å². The van der Waals surface area contributed by atoms with Crippen molar-refractivity contribution in [3.63, 3.8) is 0 Å². The molecule has 0 unspecified atom stereocenters. The van der Waals surface area contributed by atoms with Gasteiger partial charge in [-0.2, -0.15) is 0 Å². The first-order chi connectivity index (χ1) is 10.2. The highest BCUT2D eigenvalue weighted by Gasteiger charge is 2.10. The molecule has 0 aliphatic carbocycles. The molecule has 0 aliphatic heterocycles. The van der Waals surface area contributed by atoms with Crippen LogP contribution in [0.2, 0.25) is 0 Å². The fourth-order valence-electron chi connectivity index (χ4n) is 1.84. The van der Waals surface area contributed by atoms with Crippen LogP contribution in [-0.4, -0.2) is 17.6 Å². The smallest absolute Gasteiger partial charge is 0.252 e. The maximum absolute atomic E-state index is 12.3. The third-order valence-corrected chi connectivity index (χ3v) is 2.91. The molecule has 2 rings (SSSR count). The van der Waals surface area contributed by atoms with Crippen LogP contribution >= 0.6 is 0 Å². The first-order valence-corrected chi connectivity index (χ1v) is 6.70. The number of rotatable bonds is 4. The Morgan fingerprint density at radius 2 is 2.24 bits per heavy atom. The third kappa shape index (κ3) is 4.23. The molecule has 0 saturated carbocycles. The Labute approximate surface area is 123 Å². The molecule has 4 heteroatoms. The van der Waals surface area contributed by atoms with E-state index in [4.69, 9.17) is 9.52 Å². The molecule has 0 radical (unpaired) electrons. The van der Waals surface area contributed by atoms with Gasteiger partial charge in [0.2, 0.25) is 0 Å². The second-order valence-electron chi connectivity index (χ2n) is 4.64. The Balaban J connectivity index is 2.15. The number of carbonyl (C=O) groups excluding carboxylic acids is 1. The molecule has 1 aromatic heterocycles. The van der Waals surface area contributed by atoms with E-state index in [0.717, 1.165) is 11.1 Å². The van der Waals surface area contributed by atoms with Gasteiger partial charge < -0.3 is 14.8 Å². The molecule has 1 amide bonds. The lowest BCUT2D eigenvalue weighted by molar-refractivity contribution is 0.0950. The van der Waals surface area contributed by atoms with E-state index in [2.05, 4.69) is 17.2 Å². The van der Waals surface area contributed by atoms with Gasteiger partial charge in [-0.05, 0) is 25.1 Å². The molecule has 1 aromatic carbocycles. The van der Waals surface area contributed by atoms with Gasteiger partial charge in [-0.1, -0.05) is 23.5 Å². The first kappa shape index (κ1) is 14.9. The zero-order chi connectivity index (χ0) is 15.1. The predicted octanol–water partition coefficient (Wildman–Crippen LogP) is 2.25. The van der Waals surface area contributed by atoms with Gasteiger partial charge in [-0.15, -0.1) is 0 Å². The molecule has 21 heavy (non-hydrogen) atoms. The van der Waals surface area contributed by atoms with Gasteiger partial charge in [0.1, 0.15) is 0 Å². The van der Waals surface area contributed by atoms with Gasteiger partial charge in [-0.25, -0.2) is 0 Å². The minimum absolute atomic E-state index is 0.0148. The second-order valence-corrected chi connectivity index (χ2v) is 4.64. The molecular weight excluding hydrogens is 266 g/mol. The molecule has 4 nitrogen and oxygen atoms in total. The van der Waals surface area contributed by atoms with E-state index in [1.165, 1.54) is 0 Å². The van der Waals surface area contributed by atoms with E-state index in [0.29, 0.717) is 24.1 Å². The summed E-state index contributed by atoms with van der Waals surface area (Å²) in [6, 6.07) is 7.36. The minimum Gasteiger partial charge on any atom is -0.472 e. The molecule has 0 bridgehead atoms. The summed E-state index contributed by atoms with van der Waals surface area (Å²) in [7, 11) is 0. The van der Waals surface area contributed by atoms with Crippen LogP contribution in [0, 0.1) is 18.8 Å². The first-order valence-electron chi connectivity index (χ1n) is 6.70. The van der Waals surface area contributed by atoms with E-state index < -0.39 is 0 Å². The van der Waals surface area contributed by atoms with Crippen molar-refractivity contribution in [3.05, 3.63) is 59.0 Å². The zero-order valence-electron chi connectivity index (χ0n) is 11.8. The lowest BCUT2D eigenvalue weighted by atomic mass is 10.0. The van der Waals surface area contributed by atoms with Crippen molar-refractivity contribution >= 4 is 5.91 Å². The second kappa shape index (κ2) is 7.32. The van der Waals surface area contributed by atoms with Crippen molar-refractivity contribution in [2.24, 2.45) is 0 Å². The number of nitrogens with one attached hydrogen (secondary N) is 1. The molecule has 2 N–H and O–H groups in total. The summed E-state index contributed by atoms with van der Waals surface area (Å²) in [5.74, 6) is 5.59. The Kier molecular flexibility index (Phi) is 5.19. The van der Waals surface area contributed by atoms with Crippen molar-refractivity contribution in [1.82, 2.24) is 5.32 Å². The average Bonchev–Trinajstić information content (AvgIpc) is 3.00. The molecule has 0 spiro atoms. The Morgan fingerprint density at radius 3 is 2.95 bits per heavy atom. The number of carbonyl (C=O) groups is 1. The van der Waals surface area contributed by atoms with Crippen LogP contribution in [-0.2, 0) is 6.54 Å². The summed E-state index contributed by atoms with van der Waals surface area (Å²) >= 11 is 0. The number of hydrogen-bond donors (Lipinski definition) is 2. The lowest BCUT2D eigenvalue weighted by Gasteiger charge is -2.07. The summed E-state index contributed by atoms with van der Waals surface area (Å²) in [5.41, 5.74) is 3.11. The summed E-state index contributed by atoms with van der Waals surface area (Å²) in [6.45, 7) is 2.35. The summed E-state index contributed by atoms with van der Waals surface area (Å²) < 4.78 is 4.96. The summed E-state index contributed by atoms with van der Waals surface area (Å²) in [6.07, 6.45) is 3.56. The molecule has 108 valence electrons. The van der Waals surface area contributed by atoms with E-state index in [1.807, 2.05) is 25.1 Å². The van der Waals surface area contributed by atoms with E-state index in [9.17, 15) is 4.79 Å². The number of hydrogen-bond acceptors (Lipinski definition) is 3. The number of benzene rings is 1. The molecule has 0 aliphatic rings. The van der Waals surface area contributed by atoms with E-state index in [1.54, 1.807) is 18.6 Å². The maximum Gasteiger partial charge on any atom is 0.252 e. The van der Waals surface area contributed by atoms with Crippen molar-refractivity contribution in [2.45, 2.75) is 19.9 Å². The fraction of sp³-hybridized carbons (Fsp3) is 0.235. The fourth-order valence-corrected chi connectivity index (χ4v) is 1.84. The minimum atomic E-state index is -0.173. The third-order valence-electron chi connectivity index (χ3n) is 2.91. The Bertz CT molecular complexity index is 663. The molecule has 0 saturated heterocycles. The van der Waals surface area contributed by atoms with Crippen LogP contribution in [0.1, 0.15) is 33.5 Å². The zero-order valence-corrected chi connectivity index (χ0v) is 11.8. The van der Waals surface area contributed by atoms with Gasteiger partial charge in [0.05, 0.1) is 24.7 Å². The van der Waals surface area contributed by atoms with Gasteiger partial charge >= 0.3 is 0 Å². The summed E-state index contributed by atoms with van der Waals surface area (Å²) in [4.78, 5) is 12.3. The maximum atomic E-state index is 12.3. The van der Waals surface area contributed by atoms with Crippen LogP contribution in [0.5, 0.6) is 0 Å². The topological polar surface area (TPSA) is 62.5 Å².